The van der Waals surface area contributed by atoms with Crippen LogP contribution in [0.25, 0.3) is 0 Å². The predicted molar refractivity (Wildman–Crippen MR) is 248 cm³/mol. The molecule has 0 radical (unpaired) electrons. The molecule has 0 saturated carbocycles. The minimum absolute atomic E-state index is 0.00490. The fraction of sp³-hybridized carbons (Fsp3) is 0.625. The van der Waals surface area contributed by atoms with Crippen LogP contribution < -0.4 is 4.90 Å². The Morgan fingerprint density at radius 2 is 1.26 bits per heavy atom. The number of aliphatic carboxylic acids is 2. The molecule has 65 heavy (non-hydrogen) atoms. The molecule has 17 heteroatoms. The van der Waals surface area contributed by atoms with Gasteiger partial charge in [-0.05, 0) is 69.2 Å². The highest BCUT2D eigenvalue weighted by atomic mass is 32.2. The summed E-state index contributed by atoms with van der Waals surface area (Å²) in [4.78, 5) is 50.1. The quantitative estimate of drug-likeness (QED) is 0.0276. The Morgan fingerprint density at radius 1 is 0.754 bits per heavy atom. The molecule has 0 amide bonds. The van der Waals surface area contributed by atoms with E-state index in [1.807, 2.05) is 56.4 Å². The van der Waals surface area contributed by atoms with Gasteiger partial charge in [-0.2, -0.15) is 10.5 Å². The van der Waals surface area contributed by atoms with Crippen molar-refractivity contribution >= 4 is 47.0 Å². The molecule has 0 fully saturated rings. The molecule has 4 unspecified atom stereocenters. The van der Waals surface area contributed by atoms with Gasteiger partial charge in [-0.3, -0.25) is 19.2 Å². The number of azo groups is 1. The van der Waals surface area contributed by atoms with Gasteiger partial charge >= 0.3 is 23.9 Å². The molecule has 358 valence electrons. The standard InChI is InChI=1S/C48H69N5O11S/c1-5-7-9-11-13-15-17-38(47(56)57)32-44(54)63-29-27-61-24-22-53(40-19-20-42(36(3)31-40)51-52-46-41(34-49)37(4)43(35-50)65-46)21-23-60-25-26-62-28-30-64-45(55)33-39(48(58)59)18-16-14-12-10-8-6-2/h13-16,19-20,31,37-39,43H,5-12,17-18,21-30,32-33H2,1-4H3,(H,56,57)(H,58,59)/b15-13+,16-14+,52-51?. The van der Waals surface area contributed by atoms with E-state index in [4.69, 9.17) is 23.7 Å². The van der Waals surface area contributed by atoms with Crippen molar-refractivity contribution in [2.75, 3.05) is 70.8 Å². The molecule has 16 nitrogen and oxygen atoms in total. The van der Waals surface area contributed by atoms with Crippen molar-refractivity contribution in [3.05, 3.63) is 58.7 Å². The van der Waals surface area contributed by atoms with E-state index in [1.165, 1.54) is 11.8 Å². The molecule has 0 aromatic heterocycles. The van der Waals surface area contributed by atoms with E-state index >= 15 is 0 Å². The third-order valence-electron chi connectivity index (χ3n) is 10.4. The number of ether oxygens (including phenoxy) is 5. The second kappa shape index (κ2) is 34.3. The van der Waals surface area contributed by atoms with Crippen LogP contribution in [0, 0.1) is 47.3 Å². The number of carbonyl (C=O) groups is 4. The van der Waals surface area contributed by atoms with Gasteiger partial charge in [0.1, 0.15) is 23.5 Å². The van der Waals surface area contributed by atoms with Crippen molar-refractivity contribution in [3.63, 3.8) is 0 Å². The number of anilines is 1. The summed E-state index contributed by atoms with van der Waals surface area (Å²) >= 11 is 1.23. The lowest BCUT2D eigenvalue weighted by atomic mass is 10.0. The zero-order chi connectivity index (χ0) is 47.7. The van der Waals surface area contributed by atoms with Gasteiger partial charge in [0.2, 0.25) is 0 Å². The van der Waals surface area contributed by atoms with Gasteiger partial charge in [-0.1, -0.05) is 82.5 Å². The van der Waals surface area contributed by atoms with Crippen LogP contribution in [-0.2, 0) is 42.9 Å². The zero-order valence-electron chi connectivity index (χ0n) is 38.6. The number of benzene rings is 1. The first-order valence-electron chi connectivity index (χ1n) is 22.7. The number of thioether (sulfide) groups is 1. The van der Waals surface area contributed by atoms with Crippen molar-refractivity contribution in [2.24, 2.45) is 28.0 Å². The van der Waals surface area contributed by atoms with Gasteiger partial charge in [-0.25, -0.2) is 0 Å². The summed E-state index contributed by atoms with van der Waals surface area (Å²) in [6.07, 6.45) is 16.0. The molecule has 0 bridgehead atoms. The van der Waals surface area contributed by atoms with Gasteiger partial charge in [0.15, 0.2) is 0 Å². The largest absolute Gasteiger partial charge is 0.481 e. The van der Waals surface area contributed by atoms with Crippen LogP contribution in [0.5, 0.6) is 0 Å². The van der Waals surface area contributed by atoms with Crippen LogP contribution in [0.2, 0.25) is 0 Å². The first kappa shape index (κ1) is 56.1. The smallest absolute Gasteiger partial charge is 0.307 e. The SMILES string of the molecule is CCCCC/C=C/CC(CC(=O)OCCOCCOCCN(CCOCCOC(=O)CC(C/C=C/CCCCC)C(=O)O)c1ccc(N=NC2=C(C#N)C(C)C(C#N)S2)c(C)c1)C(=O)O. The zero-order valence-corrected chi connectivity index (χ0v) is 39.4. The van der Waals surface area contributed by atoms with E-state index in [-0.39, 0.29) is 77.8 Å². The number of carboxylic acid groups (broad SMARTS) is 2. The van der Waals surface area contributed by atoms with Gasteiger partial charge < -0.3 is 38.8 Å². The summed E-state index contributed by atoms with van der Waals surface area (Å²) in [6, 6.07) is 10.0. The molecule has 0 aliphatic carbocycles. The Bertz CT molecular complexity index is 1820. The van der Waals surface area contributed by atoms with Crippen LogP contribution in [0.3, 0.4) is 0 Å². The van der Waals surface area contributed by atoms with Crippen molar-refractivity contribution in [1.82, 2.24) is 0 Å². The van der Waals surface area contributed by atoms with E-state index in [1.54, 1.807) is 0 Å². The first-order chi connectivity index (χ1) is 31.4. The Balaban J connectivity index is 1.89. The molecule has 1 aliphatic heterocycles. The number of rotatable bonds is 36. The minimum Gasteiger partial charge on any atom is -0.481 e. The number of carbonyl (C=O) groups excluding carboxylic acids is 2. The second-order valence-electron chi connectivity index (χ2n) is 15.6. The van der Waals surface area contributed by atoms with Gasteiger partial charge in [0.25, 0.3) is 0 Å². The van der Waals surface area contributed by atoms with E-state index in [9.17, 15) is 39.9 Å². The topological polar surface area (TPSA) is 230 Å². The molecule has 1 aromatic rings. The van der Waals surface area contributed by atoms with E-state index < -0.39 is 41.0 Å². The highest BCUT2D eigenvalue weighted by Crippen LogP contribution is 2.42. The highest BCUT2D eigenvalue weighted by molar-refractivity contribution is 8.04. The number of unbranched alkanes of at least 4 members (excludes halogenated alkanes) is 6. The van der Waals surface area contributed by atoms with Crippen LogP contribution in [0.4, 0.5) is 11.4 Å². The Hall–Kier alpha value is -5.07. The maximum atomic E-state index is 12.4. The second-order valence-corrected chi connectivity index (χ2v) is 16.7. The molecule has 2 rings (SSSR count). The molecule has 0 saturated heterocycles. The number of esters is 2. The van der Waals surface area contributed by atoms with Crippen LogP contribution in [-0.4, -0.2) is 105 Å². The van der Waals surface area contributed by atoms with Crippen LogP contribution >= 0.6 is 11.8 Å². The number of hydrogen-bond acceptors (Lipinski definition) is 15. The fourth-order valence-corrected chi connectivity index (χ4v) is 7.54. The molecule has 1 aliphatic rings. The summed E-state index contributed by atoms with van der Waals surface area (Å²) in [5.74, 6) is -5.19. The summed E-state index contributed by atoms with van der Waals surface area (Å²) in [5, 5.41) is 46.9. The monoisotopic (exact) mass is 923 g/mol. The van der Waals surface area contributed by atoms with Crippen LogP contribution in [0.1, 0.15) is 103 Å². The van der Waals surface area contributed by atoms with Crippen molar-refractivity contribution in [3.8, 4) is 12.1 Å². The number of hydrogen-bond donors (Lipinski definition) is 2. The number of aryl methyl sites for hydroxylation is 1. The lowest BCUT2D eigenvalue weighted by Crippen LogP contribution is -2.31. The highest BCUT2D eigenvalue weighted by Gasteiger charge is 2.33. The van der Waals surface area contributed by atoms with Crippen molar-refractivity contribution in [1.29, 1.82) is 10.5 Å². The molecule has 0 spiro atoms. The third-order valence-corrected chi connectivity index (χ3v) is 11.7. The Labute approximate surface area is 389 Å². The van der Waals surface area contributed by atoms with Gasteiger partial charge in [0.05, 0.1) is 87.7 Å². The normalized spacial score (nSPS) is 15.9. The predicted octanol–water partition coefficient (Wildman–Crippen LogP) is 9.27. The maximum Gasteiger partial charge on any atom is 0.307 e. The molecular weight excluding hydrogens is 855 g/mol. The van der Waals surface area contributed by atoms with E-state index in [0.717, 1.165) is 62.6 Å². The third kappa shape index (κ3) is 23.6. The van der Waals surface area contributed by atoms with Crippen LogP contribution in [0.15, 0.2) is 63.3 Å². The number of carboxylic acids is 2. The number of nitrogens with zero attached hydrogens (tertiary/aromatic N) is 5. The van der Waals surface area contributed by atoms with Gasteiger partial charge in [0, 0.05) is 24.7 Å². The Morgan fingerprint density at radius 3 is 1.72 bits per heavy atom. The fourth-order valence-electron chi connectivity index (χ4n) is 6.46. The summed E-state index contributed by atoms with van der Waals surface area (Å²) < 4.78 is 27.7. The van der Waals surface area contributed by atoms with E-state index in [2.05, 4.69) is 41.1 Å². The average Bonchev–Trinajstić information content (AvgIpc) is 3.60. The first-order valence-corrected chi connectivity index (χ1v) is 23.6. The number of nitriles is 2. The maximum absolute atomic E-state index is 12.4. The lowest BCUT2D eigenvalue weighted by Gasteiger charge is -2.25. The number of allylic oxidation sites excluding steroid dienone is 5. The molecule has 4 atom stereocenters. The van der Waals surface area contributed by atoms with Crippen molar-refractivity contribution < 1.29 is 53.1 Å². The van der Waals surface area contributed by atoms with Gasteiger partial charge in [-0.15, -0.1) is 10.2 Å². The molecule has 2 N–H and O–H groups in total. The summed E-state index contributed by atoms with van der Waals surface area (Å²) in [5.41, 5.74) is 2.73. The summed E-state index contributed by atoms with van der Waals surface area (Å²) in [6.45, 7) is 10.3. The average molecular weight is 924 g/mol. The summed E-state index contributed by atoms with van der Waals surface area (Å²) in [7, 11) is 0. The molecule has 1 aromatic carbocycles. The lowest BCUT2D eigenvalue weighted by molar-refractivity contribution is -0.152. The minimum atomic E-state index is -1.04. The molecular formula is C48H69N5O11S. The van der Waals surface area contributed by atoms with E-state index in [0.29, 0.717) is 36.0 Å². The molecule has 1 heterocycles. The van der Waals surface area contributed by atoms with Crippen molar-refractivity contribution in [2.45, 2.75) is 110 Å². The Kier molecular flexibility index (Phi) is 29.6.